The highest BCUT2D eigenvalue weighted by molar-refractivity contribution is 7.11. The fraction of sp³-hybridized carbons (Fsp3) is 0.500. The van der Waals surface area contributed by atoms with Crippen molar-refractivity contribution in [2.24, 2.45) is 0 Å². The van der Waals surface area contributed by atoms with Crippen LogP contribution in [0.2, 0.25) is 0 Å². The molecule has 0 bridgehead atoms. The zero-order chi connectivity index (χ0) is 13.5. The second-order valence-electron chi connectivity index (χ2n) is 4.26. The molecule has 3 rings (SSSR count). The van der Waals surface area contributed by atoms with E-state index in [1.807, 2.05) is 4.90 Å². The maximum Gasteiger partial charge on any atom is 0.445 e. The first-order chi connectivity index (χ1) is 9.04. The third kappa shape index (κ3) is 2.42. The van der Waals surface area contributed by atoms with Gasteiger partial charge in [0.2, 0.25) is 5.01 Å². The predicted octanol–water partition coefficient (Wildman–Crippen LogP) is 2.23. The predicted molar refractivity (Wildman–Crippen MR) is 62.9 cm³/mol. The Labute approximate surface area is 110 Å². The smallest absolute Gasteiger partial charge is 0.362 e. The molecule has 0 unspecified atom stereocenters. The molecule has 0 radical (unpaired) electrons. The van der Waals surface area contributed by atoms with Crippen LogP contribution in [0.3, 0.4) is 0 Å². The van der Waals surface area contributed by atoms with Crippen molar-refractivity contribution in [2.45, 2.75) is 25.6 Å². The van der Waals surface area contributed by atoms with Gasteiger partial charge in [-0.3, -0.25) is 5.10 Å². The quantitative estimate of drug-likeness (QED) is 0.921. The Morgan fingerprint density at radius 3 is 2.95 bits per heavy atom. The van der Waals surface area contributed by atoms with Crippen LogP contribution in [-0.4, -0.2) is 26.9 Å². The summed E-state index contributed by atoms with van der Waals surface area (Å²) >= 11 is 0.591. The minimum Gasteiger partial charge on any atom is -0.362 e. The molecule has 102 valence electrons. The summed E-state index contributed by atoms with van der Waals surface area (Å²) in [5, 5.41) is 13.1. The van der Waals surface area contributed by atoms with Crippen LogP contribution in [0.1, 0.15) is 22.1 Å². The van der Waals surface area contributed by atoms with Gasteiger partial charge in [0, 0.05) is 6.54 Å². The zero-order valence-electron chi connectivity index (χ0n) is 9.74. The summed E-state index contributed by atoms with van der Waals surface area (Å²) in [6.07, 6.45) is -0.866. The van der Waals surface area contributed by atoms with E-state index >= 15 is 0 Å². The molecule has 19 heavy (non-hydrogen) atoms. The molecule has 3 heterocycles. The summed E-state index contributed by atoms with van der Waals surface area (Å²) in [7, 11) is 0. The van der Waals surface area contributed by atoms with Gasteiger partial charge in [-0.05, 0) is 12.8 Å². The van der Waals surface area contributed by atoms with Crippen molar-refractivity contribution in [3.8, 4) is 0 Å². The van der Waals surface area contributed by atoms with Gasteiger partial charge >= 0.3 is 6.18 Å². The number of H-pyrrole nitrogens is 1. The lowest BCUT2D eigenvalue weighted by atomic mass is 10.1. The number of halogens is 3. The summed E-state index contributed by atoms with van der Waals surface area (Å²) < 4.78 is 37.3. The average Bonchev–Trinajstić information content (AvgIpc) is 2.96. The molecule has 9 heteroatoms. The van der Waals surface area contributed by atoms with Crippen molar-refractivity contribution in [3.05, 3.63) is 21.9 Å². The van der Waals surface area contributed by atoms with Crippen molar-refractivity contribution in [1.29, 1.82) is 0 Å². The Bertz CT molecular complexity index is 576. The number of nitrogens with one attached hydrogen (secondary N) is 1. The first-order valence-electron chi connectivity index (χ1n) is 5.71. The van der Waals surface area contributed by atoms with Gasteiger partial charge < -0.3 is 4.90 Å². The molecule has 2 aromatic rings. The van der Waals surface area contributed by atoms with Crippen molar-refractivity contribution in [1.82, 2.24) is 20.4 Å². The van der Waals surface area contributed by atoms with E-state index in [1.54, 1.807) is 6.20 Å². The summed E-state index contributed by atoms with van der Waals surface area (Å²) in [6, 6.07) is 0. The van der Waals surface area contributed by atoms with E-state index in [-0.39, 0.29) is 0 Å². The first kappa shape index (κ1) is 12.4. The van der Waals surface area contributed by atoms with E-state index in [1.165, 1.54) is 0 Å². The lowest BCUT2D eigenvalue weighted by molar-refractivity contribution is -0.138. The SMILES string of the molecule is FC(F)(F)c1nnc(CN2CCCc3[nH]ncc32)s1. The van der Waals surface area contributed by atoms with E-state index in [9.17, 15) is 13.2 Å². The number of hydrogen-bond donors (Lipinski definition) is 1. The fourth-order valence-electron chi connectivity index (χ4n) is 2.09. The van der Waals surface area contributed by atoms with Crippen LogP contribution >= 0.6 is 11.3 Å². The van der Waals surface area contributed by atoms with Gasteiger partial charge in [-0.25, -0.2) is 0 Å². The molecule has 0 aromatic carbocycles. The third-order valence-electron chi connectivity index (χ3n) is 2.93. The lowest BCUT2D eigenvalue weighted by Gasteiger charge is -2.27. The Kier molecular flexibility index (Phi) is 2.92. The number of rotatable bonds is 2. The van der Waals surface area contributed by atoms with Gasteiger partial charge in [0.25, 0.3) is 0 Å². The number of fused-ring (bicyclic) bond motifs is 1. The lowest BCUT2D eigenvalue weighted by Crippen LogP contribution is -2.28. The molecule has 1 N–H and O–H groups in total. The number of nitrogens with zero attached hydrogens (tertiary/aromatic N) is 4. The number of aromatic amines is 1. The normalized spacial score (nSPS) is 15.6. The molecule has 2 aromatic heterocycles. The summed E-state index contributed by atoms with van der Waals surface area (Å²) in [5.41, 5.74) is 1.96. The Hall–Kier alpha value is -1.64. The van der Waals surface area contributed by atoms with Gasteiger partial charge in [-0.2, -0.15) is 18.3 Å². The maximum atomic E-state index is 12.4. The van der Waals surface area contributed by atoms with E-state index in [4.69, 9.17) is 0 Å². The van der Waals surface area contributed by atoms with Gasteiger partial charge in [0.05, 0.1) is 24.1 Å². The van der Waals surface area contributed by atoms with Gasteiger partial charge in [-0.1, -0.05) is 11.3 Å². The molecule has 0 fully saturated rings. The molecular formula is C10H10F3N5S. The van der Waals surface area contributed by atoms with Crippen LogP contribution in [0.4, 0.5) is 18.9 Å². The number of hydrogen-bond acceptors (Lipinski definition) is 5. The molecule has 0 saturated heterocycles. The molecule has 0 saturated carbocycles. The number of anilines is 1. The summed E-state index contributed by atoms with van der Waals surface area (Å²) in [4.78, 5) is 1.98. The maximum absolute atomic E-state index is 12.4. The number of aromatic nitrogens is 4. The van der Waals surface area contributed by atoms with Crippen LogP contribution in [0.5, 0.6) is 0 Å². The van der Waals surface area contributed by atoms with E-state index < -0.39 is 11.2 Å². The minimum atomic E-state index is -4.42. The van der Waals surface area contributed by atoms with Crippen LogP contribution < -0.4 is 4.90 Å². The van der Waals surface area contributed by atoms with Crippen LogP contribution in [0, 0.1) is 0 Å². The molecular weight excluding hydrogens is 279 g/mol. The Morgan fingerprint density at radius 2 is 2.21 bits per heavy atom. The zero-order valence-corrected chi connectivity index (χ0v) is 10.6. The Morgan fingerprint density at radius 1 is 1.37 bits per heavy atom. The molecule has 1 aliphatic heterocycles. The van der Waals surface area contributed by atoms with Gasteiger partial charge in [0.1, 0.15) is 5.01 Å². The van der Waals surface area contributed by atoms with Crippen molar-refractivity contribution in [2.75, 3.05) is 11.4 Å². The van der Waals surface area contributed by atoms with E-state index in [0.717, 1.165) is 30.8 Å². The van der Waals surface area contributed by atoms with Gasteiger partial charge in [-0.15, -0.1) is 10.2 Å². The highest BCUT2D eigenvalue weighted by Crippen LogP contribution is 2.33. The molecule has 0 spiro atoms. The number of alkyl halides is 3. The second kappa shape index (κ2) is 4.48. The largest absolute Gasteiger partial charge is 0.445 e. The van der Waals surface area contributed by atoms with E-state index in [2.05, 4.69) is 20.4 Å². The van der Waals surface area contributed by atoms with E-state index in [0.29, 0.717) is 22.9 Å². The summed E-state index contributed by atoms with van der Waals surface area (Å²) in [5.74, 6) is 0. The van der Waals surface area contributed by atoms with Crippen molar-refractivity contribution in [3.63, 3.8) is 0 Å². The molecule has 0 aliphatic carbocycles. The molecule has 5 nitrogen and oxygen atoms in total. The third-order valence-corrected chi connectivity index (χ3v) is 3.88. The molecule has 1 aliphatic rings. The number of aryl methyl sites for hydroxylation is 1. The fourth-order valence-corrected chi connectivity index (χ4v) is 2.81. The van der Waals surface area contributed by atoms with Crippen LogP contribution in [0.15, 0.2) is 6.20 Å². The summed E-state index contributed by atoms with van der Waals surface area (Å²) in [6.45, 7) is 1.12. The molecule has 0 amide bonds. The van der Waals surface area contributed by atoms with Crippen molar-refractivity contribution >= 4 is 17.0 Å². The Balaban J connectivity index is 1.78. The topological polar surface area (TPSA) is 57.7 Å². The first-order valence-corrected chi connectivity index (χ1v) is 6.52. The van der Waals surface area contributed by atoms with Gasteiger partial charge in [0.15, 0.2) is 0 Å². The second-order valence-corrected chi connectivity index (χ2v) is 5.32. The highest BCUT2D eigenvalue weighted by atomic mass is 32.1. The molecule has 0 atom stereocenters. The van der Waals surface area contributed by atoms with Crippen LogP contribution in [-0.2, 0) is 19.1 Å². The van der Waals surface area contributed by atoms with Crippen molar-refractivity contribution < 1.29 is 13.2 Å². The van der Waals surface area contributed by atoms with Crippen LogP contribution in [0.25, 0.3) is 0 Å². The highest BCUT2D eigenvalue weighted by Gasteiger charge is 2.35. The monoisotopic (exact) mass is 289 g/mol. The minimum absolute atomic E-state index is 0.334. The standard InChI is InChI=1S/C10H10F3N5S/c11-10(12,13)9-17-16-8(19-9)5-18-3-1-2-6-7(18)4-14-15-6/h4H,1-3,5H2,(H,14,15). The average molecular weight is 289 g/mol.